The molecular formula is C13H15F3N4O2S. The molecule has 2 atom stereocenters. The van der Waals surface area contributed by atoms with Crippen molar-refractivity contribution in [3.05, 3.63) is 18.0 Å². The average molecular weight is 348 g/mol. The number of halogens is 3. The summed E-state index contributed by atoms with van der Waals surface area (Å²) in [5.74, 6) is 0.204. The molecule has 0 spiro atoms. The maximum atomic E-state index is 12.6. The lowest BCUT2D eigenvalue weighted by Gasteiger charge is -2.34. The van der Waals surface area contributed by atoms with E-state index in [2.05, 4.69) is 10.4 Å². The van der Waals surface area contributed by atoms with E-state index in [0.29, 0.717) is 31.7 Å². The Morgan fingerprint density at radius 3 is 2.83 bits per heavy atom. The molecule has 6 nitrogen and oxygen atoms in total. The molecule has 1 aromatic rings. The van der Waals surface area contributed by atoms with E-state index in [0.717, 1.165) is 17.8 Å². The van der Waals surface area contributed by atoms with Gasteiger partial charge in [0.1, 0.15) is 6.04 Å². The van der Waals surface area contributed by atoms with Crippen molar-refractivity contribution < 1.29 is 22.8 Å². The van der Waals surface area contributed by atoms with Crippen LogP contribution in [0.4, 0.5) is 18.0 Å². The van der Waals surface area contributed by atoms with Gasteiger partial charge in [-0.25, -0.2) is 0 Å². The summed E-state index contributed by atoms with van der Waals surface area (Å²) in [5, 5.41) is 5.96. The summed E-state index contributed by atoms with van der Waals surface area (Å²) in [5.41, 5.74) is -0.930. The molecule has 0 bridgehead atoms. The van der Waals surface area contributed by atoms with E-state index in [1.54, 1.807) is 4.90 Å². The van der Waals surface area contributed by atoms with Gasteiger partial charge in [-0.2, -0.15) is 18.3 Å². The van der Waals surface area contributed by atoms with E-state index < -0.39 is 17.9 Å². The first-order valence-corrected chi connectivity index (χ1v) is 8.17. The molecule has 0 aromatic carbocycles. The zero-order valence-corrected chi connectivity index (χ0v) is 12.9. The third kappa shape index (κ3) is 3.46. The van der Waals surface area contributed by atoms with Crippen molar-refractivity contribution in [3.63, 3.8) is 0 Å². The zero-order chi connectivity index (χ0) is 16.6. The maximum absolute atomic E-state index is 12.6. The van der Waals surface area contributed by atoms with Crippen LogP contribution in [0.1, 0.15) is 24.6 Å². The molecule has 2 saturated heterocycles. The average Bonchev–Trinajstić information content (AvgIpc) is 3.15. The fourth-order valence-corrected chi connectivity index (χ4v) is 3.57. The summed E-state index contributed by atoms with van der Waals surface area (Å²) in [4.78, 5) is 25.2. The summed E-state index contributed by atoms with van der Waals surface area (Å²) in [6.07, 6.45) is -1.82. The van der Waals surface area contributed by atoms with Crippen LogP contribution in [0, 0.1) is 0 Å². The Morgan fingerprint density at radius 2 is 2.22 bits per heavy atom. The van der Waals surface area contributed by atoms with Gasteiger partial charge >= 0.3 is 6.18 Å². The first-order valence-electron chi connectivity index (χ1n) is 7.19. The van der Waals surface area contributed by atoms with Crippen molar-refractivity contribution in [1.29, 1.82) is 0 Å². The Labute approximate surface area is 134 Å². The van der Waals surface area contributed by atoms with Gasteiger partial charge < -0.3 is 10.2 Å². The van der Waals surface area contributed by atoms with Crippen LogP contribution < -0.4 is 5.32 Å². The molecule has 0 radical (unpaired) electrons. The number of carbonyl (C=O) groups is 2. The number of hydrogen-bond acceptors (Lipinski definition) is 4. The molecule has 0 saturated carbocycles. The Bertz CT molecular complexity index is 619. The molecule has 23 heavy (non-hydrogen) atoms. The Balaban J connectivity index is 1.67. The topological polar surface area (TPSA) is 67.2 Å². The predicted octanol–water partition coefficient (Wildman–Crippen LogP) is 1.89. The van der Waals surface area contributed by atoms with E-state index in [1.165, 1.54) is 10.9 Å². The molecule has 2 aliphatic heterocycles. The van der Waals surface area contributed by atoms with Crippen molar-refractivity contribution in [2.24, 2.45) is 0 Å². The molecular weight excluding hydrogens is 333 g/mol. The van der Waals surface area contributed by atoms with Gasteiger partial charge in [0.05, 0.1) is 6.04 Å². The zero-order valence-electron chi connectivity index (χ0n) is 12.0. The smallest absolute Gasteiger partial charge is 0.339 e. The minimum atomic E-state index is -4.47. The monoisotopic (exact) mass is 348 g/mol. The Morgan fingerprint density at radius 1 is 1.43 bits per heavy atom. The molecule has 0 aliphatic carbocycles. The quantitative estimate of drug-likeness (QED) is 0.886. The van der Waals surface area contributed by atoms with Gasteiger partial charge in [0.15, 0.2) is 5.69 Å². The Kier molecular flexibility index (Phi) is 4.26. The van der Waals surface area contributed by atoms with Gasteiger partial charge in [-0.3, -0.25) is 14.3 Å². The number of amides is 2. The number of alkyl halides is 3. The van der Waals surface area contributed by atoms with Crippen molar-refractivity contribution in [2.45, 2.75) is 31.1 Å². The van der Waals surface area contributed by atoms with Gasteiger partial charge in [-0.15, -0.1) is 0 Å². The summed E-state index contributed by atoms with van der Waals surface area (Å²) in [6.45, 7) is 0.842. The first-order chi connectivity index (χ1) is 10.8. The molecule has 10 heteroatoms. The van der Waals surface area contributed by atoms with Crippen molar-refractivity contribution in [3.8, 4) is 0 Å². The fourth-order valence-electron chi connectivity index (χ4n) is 2.80. The number of rotatable bonds is 2. The van der Waals surface area contributed by atoms with E-state index in [-0.39, 0.29) is 17.2 Å². The van der Waals surface area contributed by atoms with Gasteiger partial charge in [-0.1, -0.05) is 11.8 Å². The van der Waals surface area contributed by atoms with Crippen LogP contribution in [0.2, 0.25) is 0 Å². The summed E-state index contributed by atoms with van der Waals surface area (Å²) in [6, 6.07) is 0.109. The van der Waals surface area contributed by atoms with Crippen molar-refractivity contribution >= 4 is 22.9 Å². The van der Waals surface area contributed by atoms with Crippen LogP contribution >= 0.6 is 11.8 Å². The molecule has 1 aromatic heterocycles. The van der Waals surface area contributed by atoms with Crippen LogP contribution in [-0.4, -0.2) is 50.7 Å². The lowest BCUT2D eigenvalue weighted by molar-refractivity contribution is -0.142. The van der Waals surface area contributed by atoms with E-state index >= 15 is 0 Å². The highest BCUT2D eigenvalue weighted by molar-refractivity contribution is 8.14. The van der Waals surface area contributed by atoms with Crippen LogP contribution in [0.3, 0.4) is 0 Å². The second kappa shape index (κ2) is 6.06. The van der Waals surface area contributed by atoms with Crippen LogP contribution in [0.15, 0.2) is 12.3 Å². The van der Waals surface area contributed by atoms with Gasteiger partial charge in [-0.05, 0) is 18.9 Å². The standard InChI is InChI=1S/C13H15F3N4O2S/c14-13(15,16)10-3-5-20(18-10)8-2-1-4-19(6-8)11(21)9-7-23-12(22)17-9/h3,5,8-9H,1-2,4,6-7H2,(H,17,22)/t8-,9-/m1/s1. The van der Waals surface area contributed by atoms with Gasteiger partial charge in [0, 0.05) is 25.0 Å². The third-order valence-corrected chi connectivity index (χ3v) is 4.83. The number of thioether (sulfide) groups is 1. The number of piperidine rings is 1. The lowest BCUT2D eigenvalue weighted by Crippen LogP contribution is -2.49. The van der Waals surface area contributed by atoms with Crippen LogP contribution in [0.25, 0.3) is 0 Å². The molecule has 3 heterocycles. The predicted molar refractivity (Wildman–Crippen MR) is 76.9 cm³/mol. The number of carbonyl (C=O) groups excluding carboxylic acids is 2. The molecule has 1 N–H and O–H groups in total. The molecule has 126 valence electrons. The Hall–Kier alpha value is -1.71. The summed E-state index contributed by atoms with van der Waals surface area (Å²) >= 11 is 1.06. The minimum Gasteiger partial charge on any atom is -0.339 e. The molecule has 0 unspecified atom stereocenters. The van der Waals surface area contributed by atoms with Gasteiger partial charge in [0.2, 0.25) is 5.91 Å². The number of nitrogens with one attached hydrogen (secondary N) is 1. The SMILES string of the molecule is O=C1N[C@@H](C(=O)N2CCC[C@@H](n3ccc(C(F)(F)F)n3)C2)CS1. The largest absolute Gasteiger partial charge is 0.435 e. The summed E-state index contributed by atoms with van der Waals surface area (Å²) in [7, 11) is 0. The first kappa shape index (κ1) is 16.2. The summed E-state index contributed by atoms with van der Waals surface area (Å²) < 4.78 is 39.2. The minimum absolute atomic E-state index is 0.184. The number of hydrogen-bond donors (Lipinski definition) is 1. The normalized spacial score (nSPS) is 25.5. The highest BCUT2D eigenvalue weighted by atomic mass is 32.2. The third-order valence-electron chi connectivity index (χ3n) is 3.95. The fraction of sp³-hybridized carbons (Fsp3) is 0.615. The second-order valence-electron chi connectivity index (χ2n) is 5.55. The van der Waals surface area contributed by atoms with Crippen LogP contribution in [0.5, 0.6) is 0 Å². The molecule has 3 rings (SSSR count). The lowest BCUT2D eigenvalue weighted by atomic mass is 10.1. The van der Waals surface area contributed by atoms with Gasteiger partial charge in [0.25, 0.3) is 5.24 Å². The maximum Gasteiger partial charge on any atom is 0.435 e. The molecule has 2 aliphatic rings. The second-order valence-corrected chi connectivity index (χ2v) is 6.55. The molecule has 2 fully saturated rings. The van der Waals surface area contributed by atoms with E-state index in [1.807, 2.05) is 0 Å². The number of aromatic nitrogens is 2. The van der Waals surface area contributed by atoms with Crippen molar-refractivity contribution in [1.82, 2.24) is 20.0 Å². The molecule has 2 amide bonds. The highest BCUT2D eigenvalue weighted by Gasteiger charge is 2.36. The van der Waals surface area contributed by atoms with Crippen LogP contribution in [-0.2, 0) is 11.0 Å². The number of likely N-dealkylation sites (tertiary alicyclic amines) is 1. The number of nitrogens with zero attached hydrogens (tertiary/aromatic N) is 3. The van der Waals surface area contributed by atoms with Crippen molar-refractivity contribution in [2.75, 3.05) is 18.8 Å². The van der Waals surface area contributed by atoms with E-state index in [9.17, 15) is 22.8 Å². The van der Waals surface area contributed by atoms with E-state index in [4.69, 9.17) is 0 Å². The highest BCUT2D eigenvalue weighted by Crippen LogP contribution is 2.29.